The van der Waals surface area contributed by atoms with Gasteiger partial charge in [-0.05, 0) is 19.8 Å². The van der Waals surface area contributed by atoms with Crippen LogP contribution in [0.3, 0.4) is 0 Å². The van der Waals surface area contributed by atoms with Crippen LogP contribution in [-0.2, 0) is 19.1 Å². The Balaban J connectivity index is 1.80. The number of aliphatic hydroxyl groups excluding tert-OH is 1. The molecule has 1 amide bonds. The third kappa shape index (κ3) is 2.45. The lowest BCUT2D eigenvalue weighted by molar-refractivity contribution is -0.170. The fourth-order valence-corrected chi connectivity index (χ4v) is 5.40. The van der Waals surface area contributed by atoms with Crippen molar-refractivity contribution in [1.29, 1.82) is 0 Å². The van der Waals surface area contributed by atoms with Crippen LogP contribution in [-0.4, -0.2) is 64.0 Å². The number of ether oxygens (including phenoxy) is 2. The second kappa shape index (κ2) is 6.22. The largest absolute Gasteiger partial charge is 0.460 e. The number of fused-ring (bicyclic) bond motifs is 1. The van der Waals surface area contributed by atoms with Crippen LogP contribution < -0.4 is 0 Å². The van der Waals surface area contributed by atoms with E-state index in [1.54, 1.807) is 23.6 Å². The lowest BCUT2D eigenvalue weighted by Crippen LogP contribution is -2.65. The molecule has 3 fully saturated rings. The number of hydrogen-bond donors (Lipinski definition) is 1. The Morgan fingerprint density at radius 1 is 1.68 bits per heavy atom. The SMILES string of the molecule is C=CCOC(=O)C1C([C@H]2CCCO2)S[C@@H]2[C@@H]([C@@H](C)O)C(=O)N12. The van der Waals surface area contributed by atoms with E-state index < -0.39 is 24.0 Å². The lowest BCUT2D eigenvalue weighted by Gasteiger charge is -2.45. The summed E-state index contributed by atoms with van der Waals surface area (Å²) in [5.74, 6) is -1.02. The van der Waals surface area contributed by atoms with Gasteiger partial charge < -0.3 is 19.5 Å². The van der Waals surface area contributed by atoms with Crippen molar-refractivity contribution in [2.45, 2.75) is 48.6 Å². The van der Waals surface area contributed by atoms with E-state index in [0.29, 0.717) is 6.61 Å². The summed E-state index contributed by atoms with van der Waals surface area (Å²) >= 11 is 1.56. The highest BCUT2D eigenvalue weighted by atomic mass is 32.2. The molecule has 0 aliphatic carbocycles. The minimum atomic E-state index is -0.714. The van der Waals surface area contributed by atoms with Crippen molar-refractivity contribution in [3.8, 4) is 0 Å². The van der Waals surface area contributed by atoms with E-state index >= 15 is 0 Å². The number of carbonyl (C=O) groups excluding carboxylic acids is 2. The van der Waals surface area contributed by atoms with E-state index in [1.165, 1.54) is 6.08 Å². The molecule has 6 atom stereocenters. The molecule has 22 heavy (non-hydrogen) atoms. The highest BCUT2D eigenvalue weighted by Gasteiger charge is 2.63. The zero-order valence-electron chi connectivity index (χ0n) is 12.5. The fourth-order valence-electron chi connectivity index (χ4n) is 3.42. The molecule has 3 saturated heterocycles. The molecule has 6 nitrogen and oxygen atoms in total. The summed E-state index contributed by atoms with van der Waals surface area (Å²) in [6.45, 7) is 5.97. The van der Waals surface area contributed by atoms with Gasteiger partial charge in [-0.3, -0.25) is 4.79 Å². The predicted molar refractivity (Wildman–Crippen MR) is 81.1 cm³/mol. The standard InChI is InChI=1S/C15H21NO5S/c1-3-6-21-15(19)11-12(9-5-4-7-20-9)22-14-10(8(2)17)13(18)16(11)14/h3,8-12,14,17H,1,4-7H2,2H3/t8-,9-,10+,11?,12?,14-/m1/s1. The Hall–Kier alpha value is -1.05. The van der Waals surface area contributed by atoms with Gasteiger partial charge in [0, 0.05) is 6.61 Å². The maximum Gasteiger partial charge on any atom is 0.330 e. The van der Waals surface area contributed by atoms with Crippen LogP contribution in [0.25, 0.3) is 0 Å². The number of aliphatic hydroxyl groups is 1. The third-order valence-electron chi connectivity index (χ3n) is 4.46. The number of thioether (sulfide) groups is 1. The van der Waals surface area contributed by atoms with Crippen molar-refractivity contribution in [2.75, 3.05) is 13.2 Å². The van der Waals surface area contributed by atoms with Crippen LogP contribution in [0, 0.1) is 5.92 Å². The molecule has 3 rings (SSSR count). The van der Waals surface area contributed by atoms with E-state index in [1.807, 2.05) is 0 Å². The van der Waals surface area contributed by atoms with Crippen molar-refractivity contribution in [3.05, 3.63) is 12.7 Å². The summed E-state index contributed by atoms with van der Waals surface area (Å²) in [5.41, 5.74) is 0. The zero-order chi connectivity index (χ0) is 15.9. The van der Waals surface area contributed by atoms with Crippen LogP contribution in [0.2, 0.25) is 0 Å². The first-order valence-electron chi connectivity index (χ1n) is 7.61. The minimum absolute atomic E-state index is 0.0423. The highest BCUT2D eigenvalue weighted by Crippen LogP contribution is 2.51. The molecule has 1 N–H and O–H groups in total. The van der Waals surface area contributed by atoms with Gasteiger partial charge in [-0.2, -0.15) is 0 Å². The van der Waals surface area contributed by atoms with Gasteiger partial charge in [0.05, 0.1) is 28.7 Å². The Labute approximate surface area is 133 Å². The summed E-state index contributed by atoms with van der Waals surface area (Å²) in [6.07, 6.45) is 2.61. The number of rotatable bonds is 5. The Morgan fingerprint density at radius 3 is 3.05 bits per heavy atom. The van der Waals surface area contributed by atoms with Gasteiger partial charge >= 0.3 is 5.97 Å². The molecule has 3 aliphatic rings. The summed E-state index contributed by atoms with van der Waals surface area (Å²) in [4.78, 5) is 26.3. The molecule has 2 unspecified atom stereocenters. The van der Waals surface area contributed by atoms with Gasteiger partial charge in [-0.25, -0.2) is 4.79 Å². The highest BCUT2D eigenvalue weighted by molar-refractivity contribution is 8.01. The Morgan fingerprint density at radius 2 is 2.45 bits per heavy atom. The lowest BCUT2D eigenvalue weighted by atomic mass is 9.90. The van der Waals surface area contributed by atoms with E-state index in [2.05, 4.69) is 6.58 Å². The van der Waals surface area contributed by atoms with Crippen LogP contribution in [0.5, 0.6) is 0 Å². The molecule has 3 aliphatic heterocycles. The van der Waals surface area contributed by atoms with Crippen molar-refractivity contribution in [3.63, 3.8) is 0 Å². The number of β-lactam (4-membered cyclic amide) rings is 1. The summed E-state index contributed by atoms with van der Waals surface area (Å²) < 4.78 is 10.9. The molecule has 0 spiro atoms. The molecule has 0 bridgehead atoms. The average molecular weight is 327 g/mol. The molecule has 0 radical (unpaired) electrons. The molecule has 0 saturated carbocycles. The molecule has 0 aromatic heterocycles. The maximum atomic E-state index is 12.4. The van der Waals surface area contributed by atoms with Gasteiger partial charge in [-0.1, -0.05) is 12.7 Å². The fraction of sp³-hybridized carbons (Fsp3) is 0.733. The average Bonchev–Trinajstić information content (AvgIpc) is 3.09. The second-order valence-electron chi connectivity index (χ2n) is 5.92. The van der Waals surface area contributed by atoms with Gasteiger partial charge in [0.1, 0.15) is 12.6 Å². The van der Waals surface area contributed by atoms with Crippen molar-refractivity contribution in [2.24, 2.45) is 5.92 Å². The number of hydrogen-bond acceptors (Lipinski definition) is 6. The van der Waals surface area contributed by atoms with Crippen LogP contribution in [0.15, 0.2) is 12.7 Å². The summed E-state index contributed by atoms with van der Waals surface area (Å²) in [6, 6.07) is -0.624. The number of carbonyl (C=O) groups is 2. The molecule has 122 valence electrons. The Bertz CT molecular complexity index is 477. The van der Waals surface area contributed by atoms with Gasteiger partial charge in [0.15, 0.2) is 0 Å². The molecular formula is C15H21NO5S. The van der Waals surface area contributed by atoms with Crippen LogP contribution >= 0.6 is 11.8 Å². The first-order valence-corrected chi connectivity index (χ1v) is 8.55. The van der Waals surface area contributed by atoms with E-state index in [0.717, 1.165) is 12.8 Å². The van der Waals surface area contributed by atoms with E-state index in [-0.39, 0.29) is 29.2 Å². The summed E-state index contributed by atoms with van der Waals surface area (Å²) in [7, 11) is 0. The van der Waals surface area contributed by atoms with Crippen molar-refractivity contribution >= 4 is 23.6 Å². The van der Waals surface area contributed by atoms with E-state index in [9.17, 15) is 14.7 Å². The minimum Gasteiger partial charge on any atom is -0.460 e. The molecule has 0 aromatic rings. The van der Waals surface area contributed by atoms with Gasteiger partial charge in [0.2, 0.25) is 5.91 Å². The van der Waals surface area contributed by atoms with Crippen molar-refractivity contribution < 1.29 is 24.2 Å². The number of amides is 1. The maximum absolute atomic E-state index is 12.4. The second-order valence-corrected chi connectivity index (χ2v) is 7.22. The summed E-state index contributed by atoms with van der Waals surface area (Å²) in [5, 5.41) is 9.49. The normalized spacial score (nSPS) is 38.4. The van der Waals surface area contributed by atoms with Crippen LogP contribution in [0.1, 0.15) is 19.8 Å². The first-order chi connectivity index (χ1) is 10.6. The van der Waals surface area contributed by atoms with Gasteiger partial charge in [-0.15, -0.1) is 11.8 Å². The van der Waals surface area contributed by atoms with Gasteiger partial charge in [0.25, 0.3) is 0 Å². The molecule has 7 heteroatoms. The zero-order valence-corrected chi connectivity index (χ0v) is 13.3. The smallest absolute Gasteiger partial charge is 0.330 e. The number of nitrogens with zero attached hydrogens (tertiary/aromatic N) is 1. The third-order valence-corrected chi connectivity index (χ3v) is 6.14. The molecule has 0 aromatic carbocycles. The topological polar surface area (TPSA) is 76.1 Å². The Kier molecular flexibility index (Phi) is 4.47. The number of esters is 1. The van der Waals surface area contributed by atoms with E-state index in [4.69, 9.17) is 9.47 Å². The van der Waals surface area contributed by atoms with Crippen LogP contribution in [0.4, 0.5) is 0 Å². The monoisotopic (exact) mass is 327 g/mol. The molecular weight excluding hydrogens is 306 g/mol. The first kappa shape index (κ1) is 15.8. The molecule has 3 heterocycles. The quantitative estimate of drug-likeness (QED) is 0.451. The van der Waals surface area contributed by atoms with Crippen molar-refractivity contribution in [1.82, 2.24) is 4.90 Å². The predicted octanol–water partition coefficient (Wildman–Crippen LogP) is 0.544.